The molecule has 0 radical (unpaired) electrons. The van der Waals surface area contributed by atoms with Crippen molar-refractivity contribution < 1.29 is 4.74 Å². The third-order valence-electron chi connectivity index (χ3n) is 2.88. The Labute approximate surface area is 119 Å². The van der Waals surface area contributed by atoms with Gasteiger partial charge in [-0.15, -0.1) is 11.6 Å². The molecule has 2 rings (SSSR count). The van der Waals surface area contributed by atoms with Crippen LogP contribution in [-0.2, 0) is 6.42 Å². The van der Waals surface area contributed by atoms with Crippen LogP contribution in [0.2, 0.25) is 0 Å². The smallest absolute Gasteiger partial charge is 0.219 e. The Kier molecular flexibility index (Phi) is 5.70. The van der Waals surface area contributed by atoms with Gasteiger partial charge in [-0.1, -0.05) is 24.6 Å². The van der Waals surface area contributed by atoms with Crippen molar-refractivity contribution >= 4 is 11.6 Å². The predicted octanol–water partition coefficient (Wildman–Crippen LogP) is 4.83. The molecule has 0 fully saturated rings. The van der Waals surface area contributed by atoms with Gasteiger partial charge in [0.2, 0.25) is 5.88 Å². The van der Waals surface area contributed by atoms with Crippen LogP contribution >= 0.6 is 11.6 Å². The molecule has 0 aliphatic heterocycles. The number of alkyl halides is 1. The first-order valence-electron chi connectivity index (χ1n) is 6.62. The first-order chi connectivity index (χ1) is 9.38. The highest BCUT2D eigenvalue weighted by atomic mass is 35.5. The van der Waals surface area contributed by atoms with E-state index in [0.717, 1.165) is 24.5 Å². The van der Waals surface area contributed by atoms with Crippen LogP contribution in [0.3, 0.4) is 0 Å². The SMILES string of the molecule is ClCCCCCc1ccc(Oc2ccccn2)cc1. The molecule has 3 heteroatoms. The van der Waals surface area contributed by atoms with E-state index in [-0.39, 0.29) is 0 Å². The molecule has 2 nitrogen and oxygen atoms in total. The van der Waals surface area contributed by atoms with Crippen molar-refractivity contribution in [2.75, 3.05) is 5.88 Å². The maximum atomic E-state index is 5.66. The van der Waals surface area contributed by atoms with Crippen molar-refractivity contribution in [1.29, 1.82) is 0 Å². The van der Waals surface area contributed by atoms with Crippen molar-refractivity contribution in [2.45, 2.75) is 25.7 Å². The van der Waals surface area contributed by atoms with Crippen LogP contribution in [0.4, 0.5) is 0 Å². The van der Waals surface area contributed by atoms with Crippen molar-refractivity contribution in [1.82, 2.24) is 4.98 Å². The Morgan fingerprint density at radius 2 is 1.79 bits per heavy atom. The fraction of sp³-hybridized carbons (Fsp3) is 0.312. The molecule has 1 aromatic carbocycles. The fourth-order valence-electron chi connectivity index (χ4n) is 1.85. The maximum absolute atomic E-state index is 5.66. The zero-order valence-corrected chi connectivity index (χ0v) is 11.6. The molecule has 0 unspecified atom stereocenters. The molecule has 0 spiro atoms. The summed E-state index contributed by atoms with van der Waals surface area (Å²) in [5.41, 5.74) is 1.34. The van der Waals surface area contributed by atoms with Crippen molar-refractivity contribution in [2.24, 2.45) is 0 Å². The maximum Gasteiger partial charge on any atom is 0.219 e. The molecule has 0 aliphatic rings. The summed E-state index contributed by atoms with van der Waals surface area (Å²) >= 11 is 5.66. The van der Waals surface area contributed by atoms with Crippen molar-refractivity contribution in [3.63, 3.8) is 0 Å². The van der Waals surface area contributed by atoms with Crippen molar-refractivity contribution in [3.8, 4) is 11.6 Å². The Bertz CT molecular complexity index is 470. The number of halogens is 1. The van der Waals surface area contributed by atoms with Gasteiger partial charge in [0, 0.05) is 18.1 Å². The highest BCUT2D eigenvalue weighted by Gasteiger charge is 1.98. The van der Waals surface area contributed by atoms with E-state index in [4.69, 9.17) is 16.3 Å². The lowest BCUT2D eigenvalue weighted by Crippen LogP contribution is -1.89. The van der Waals surface area contributed by atoms with Gasteiger partial charge in [0.15, 0.2) is 0 Å². The molecule has 0 bridgehead atoms. The number of rotatable bonds is 7. The number of aromatic nitrogens is 1. The molecule has 2 aromatic rings. The summed E-state index contributed by atoms with van der Waals surface area (Å²) in [6.45, 7) is 0. The normalized spacial score (nSPS) is 10.4. The van der Waals surface area contributed by atoms with Gasteiger partial charge in [0.1, 0.15) is 5.75 Å². The zero-order chi connectivity index (χ0) is 13.3. The Balaban J connectivity index is 1.84. The summed E-state index contributed by atoms with van der Waals surface area (Å²) in [5, 5.41) is 0. The summed E-state index contributed by atoms with van der Waals surface area (Å²) in [6, 6.07) is 13.8. The van der Waals surface area contributed by atoms with E-state index in [1.807, 2.05) is 30.3 Å². The second-order valence-corrected chi connectivity index (χ2v) is 4.79. The monoisotopic (exact) mass is 275 g/mol. The standard InChI is InChI=1S/C16H18ClNO/c17-12-4-1-2-6-14-8-10-15(11-9-14)19-16-7-3-5-13-18-16/h3,5,7-11,13H,1-2,4,6,12H2. The van der Waals surface area contributed by atoms with E-state index in [1.165, 1.54) is 18.4 Å². The fourth-order valence-corrected chi connectivity index (χ4v) is 2.04. The first kappa shape index (κ1) is 13.9. The van der Waals surface area contributed by atoms with Gasteiger partial charge in [-0.05, 0) is 43.0 Å². The van der Waals surface area contributed by atoms with Gasteiger partial charge in [0.25, 0.3) is 0 Å². The number of benzene rings is 1. The molecule has 0 saturated heterocycles. The van der Waals surface area contributed by atoms with Crippen LogP contribution in [0.15, 0.2) is 48.7 Å². The second kappa shape index (κ2) is 7.80. The van der Waals surface area contributed by atoms with Gasteiger partial charge >= 0.3 is 0 Å². The highest BCUT2D eigenvalue weighted by molar-refractivity contribution is 6.17. The topological polar surface area (TPSA) is 22.1 Å². The molecule has 0 saturated carbocycles. The van der Waals surface area contributed by atoms with E-state index in [2.05, 4.69) is 17.1 Å². The summed E-state index contributed by atoms with van der Waals surface area (Å²) in [4.78, 5) is 4.13. The van der Waals surface area contributed by atoms with E-state index in [0.29, 0.717) is 5.88 Å². The number of unbranched alkanes of at least 4 members (excludes halogenated alkanes) is 2. The van der Waals surface area contributed by atoms with Gasteiger partial charge in [-0.2, -0.15) is 0 Å². The lowest BCUT2D eigenvalue weighted by atomic mass is 10.1. The van der Waals surface area contributed by atoms with Crippen LogP contribution in [-0.4, -0.2) is 10.9 Å². The average molecular weight is 276 g/mol. The van der Waals surface area contributed by atoms with Gasteiger partial charge in [-0.25, -0.2) is 4.98 Å². The number of hydrogen-bond acceptors (Lipinski definition) is 2. The molecule has 100 valence electrons. The predicted molar refractivity (Wildman–Crippen MR) is 79.0 cm³/mol. The Hall–Kier alpha value is -1.54. The van der Waals surface area contributed by atoms with E-state index in [9.17, 15) is 0 Å². The van der Waals surface area contributed by atoms with Gasteiger partial charge in [0.05, 0.1) is 0 Å². The summed E-state index contributed by atoms with van der Waals surface area (Å²) in [7, 11) is 0. The molecule has 0 atom stereocenters. The average Bonchev–Trinajstić information content (AvgIpc) is 2.46. The Morgan fingerprint density at radius 3 is 2.47 bits per heavy atom. The van der Waals surface area contributed by atoms with Crippen molar-refractivity contribution in [3.05, 3.63) is 54.2 Å². The Morgan fingerprint density at radius 1 is 0.947 bits per heavy atom. The molecular formula is C16H18ClNO. The lowest BCUT2D eigenvalue weighted by Gasteiger charge is -2.05. The minimum atomic E-state index is 0.623. The van der Waals surface area contributed by atoms with E-state index >= 15 is 0 Å². The summed E-state index contributed by atoms with van der Waals surface area (Å²) < 4.78 is 5.65. The number of aryl methyl sites for hydroxylation is 1. The first-order valence-corrected chi connectivity index (χ1v) is 7.16. The lowest BCUT2D eigenvalue weighted by molar-refractivity contribution is 0.463. The quantitative estimate of drug-likeness (QED) is 0.533. The molecule has 0 N–H and O–H groups in total. The van der Waals surface area contributed by atoms with Crippen LogP contribution in [0.25, 0.3) is 0 Å². The molecule has 1 heterocycles. The zero-order valence-electron chi connectivity index (χ0n) is 10.9. The molecule has 0 amide bonds. The minimum absolute atomic E-state index is 0.623. The molecule has 19 heavy (non-hydrogen) atoms. The van der Waals surface area contributed by atoms with Crippen LogP contribution < -0.4 is 4.74 Å². The van der Waals surface area contributed by atoms with Gasteiger partial charge < -0.3 is 4.74 Å². The van der Waals surface area contributed by atoms with Gasteiger partial charge in [-0.3, -0.25) is 0 Å². The van der Waals surface area contributed by atoms with Crippen LogP contribution in [0.5, 0.6) is 11.6 Å². The minimum Gasteiger partial charge on any atom is -0.439 e. The van der Waals surface area contributed by atoms with Crippen LogP contribution in [0.1, 0.15) is 24.8 Å². The number of nitrogens with zero attached hydrogens (tertiary/aromatic N) is 1. The molecule has 0 aliphatic carbocycles. The highest BCUT2D eigenvalue weighted by Crippen LogP contribution is 2.19. The summed E-state index contributed by atoms with van der Waals surface area (Å²) in [5.74, 6) is 2.21. The second-order valence-electron chi connectivity index (χ2n) is 4.41. The van der Waals surface area contributed by atoms with Crippen LogP contribution in [0, 0.1) is 0 Å². The third kappa shape index (κ3) is 4.92. The molecule has 1 aromatic heterocycles. The third-order valence-corrected chi connectivity index (χ3v) is 3.15. The van der Waals surface area contributed by atoms with E-state index < -0.39 is 0 Å². The van der Waals surface area contributed by atoms with E-state index in [1.54, 1.807) is 6.20 Å². The number of pyridine rings is 1. The largest absolute Gasteiger partial charge is 0.439 e. The molecular weight excluding hydrogens is 258 g/mol. The number of hydrogen-bond donors (Lipinski definition) is 0. The summed E-state index contributed by atoms with van der Waals surface area (Å²) in [6.07, 6.45) is 6.30. The number of ether oxygens (including phenoxy) is 1.